The summed E-state index contributed by atoms with van der Waals surface area (Å²) in [5.41, 5.74) is 5.96. The fourth-order valence-electron chi connectivity index (χ4n) is 3.83. The standard InChI is InChI=1S/C17H33N3O/c1-13-4-8-16(9-5-13)20(3)17(21)12-19(2)15-10-6-14(18)7-11-15/h13-16H,4-12,18H2,1-3H3. The quantitative estimate of drug-likeness (QED) is 0.865. The molecule has 0 bridgehead atoms. The molecule has 4 heteroatoms. The van der Waals surface area contributed by atoms with E-state index in [4.69, 9.17) is 5.73 Å². The van der Waals surface area contributed by atoms with Crippen LogP contribution in [0.5, 0.6) is 0 Å². The number of carbonyl (C=O) groups is 1. The van der Waals surface area contributed by atoms with Gasteiger partial charge in [0.05, 0.1) is 6.54 Å². The van der Waals surface area contributed by atoms with Crippen molar-refractivity contribution >= 4 is 5.91 Å². The van der Waals surface area contributed by atoms with E-state index in [0.29, 0.717) is 24.7 Å². The minimum absolute atomic E-state index is 0.284. The molecule has 0 aromatic rings. The van der Waals surface area contributed by atoms with Crippen LogP contribution in [0.4, 0.5) is 0 Å². The summed E-state index contributed by atoms with van der Waals surface area (Å²) in [4.78, 5) is 16.8. The molecule has 0 heterocycles. The van der Waals surface area contributed by atoms with E-state index in [1.165, 1.54) is 25.7 Å². The smallest absolute Gasteiger partial charge is 0.236 e. The average molecular weight is 295 g/mol. The molecule has 21 heavy (non-hydrogen) atoms. The lowest BCUT2D eigenvalue weighted by Gasteiger charge is -2.37. The third-order valence-electron chi connectivity index (χ3n) is 5.68. The maximum Gasteiger partial charge on any atom is 0.236 e. The molecule has 0 spiro atoms. The first kappa shape index (κ1) is 16.8. The number of hydrogen-bond acceptors (Lipinski definition) is 3. The largest absolute Gasteiger partial charge is 0.342 e. The third-order valence-corrected chi connectivity index (χ3v) is 5.68. The van der Waals surface area contributed by atoms with Crippen LogP contribution in [0.25, 0.3) is 0 Å². The monoisotopic (exact) mass is 295 g/mol. The van der Waals surface area contributed by atoms with Crippen molar-refractivity contribution in [3.05, 3.63) is 0 Å². The lowest BCUT2D eigenvalue weighted by atomic mass is 9.86. The zero-order valence-corrected chi connectivity index (χ0v) is 14.1. The van der Waals surface area contributed by atoms with Gasteiger partial charge in [-0.2, -0.15) is 0 Å². The van der Waals surface area contributed by atoms with Crippen molar-refractivity contribution in [3.63, 3.8) is 0 Å². The number of likely N-dealkylation sites (N-methyl/N-ethyl adjacent to an activating group) is 2. The second-order valence-corrected chi connectivity index (χ2v) is 7.40. The Morgan fingerprint density at radius 3 is 2.05 bits per heavy atom. The molecule has 0 atom stereocenters. The van der Waals surface area contributed by atoms with Gasteiger partial charge in [-0.25, -0.2) is 0 Å². The molecule has 2 aliphatic carbocycles. The molecule has 2 fully saturated rings. The van der Waals surface area contributed by atoms with Crippen molar-refractivity contribution in [3.8, 4) is 0 Å². The van der Waals surface area contributed by atoms with Crippen LogP contribution in [0, 0.1) is 5.92 Å². The second-order valence-electron chi connectivity index (χ2n) is 7.40. The first-order valence-corrected chi connectivity index (χ1v) is 8.69. The Kier molecular flexibility index (Phi) is 6.06. The molecule has 0 aliphatic heterocycles. The van der Waals surface area contributed by atoms with Gasteiger partial charge in [0.2, 0.25) is 5.91 Å². The number of hydrogen-bond donors (Lipinski definition) is 1. The van der Waals surface area contributed by atoms with Gasteiger partial charge < -0.3 is 10.6 Å². The van der Waals surface area contributed by atoms with Crippen LogP contribution in [0.1, 0.15) is 58.3 Å². The van der Waals surface area contributed by atoms with Crippen LogP contribution in [0.2, 0.25) is 0 Å². The Morgan fingerprint density at radius 1 is 0.952 bits per heavy atom. The number of nitrogens with zero attached hydrogens (tertiary/aromatic N) is 2. The molecule has 2 N–H and O–H groups in total. The summed E-state index contributed by atoms with van der Waals surface area (Å²) in [6, 6.07) is 1.37. The van der Waals surface area contributed by atoms with Gasteiger partial charge in [-0.3, -0.25) is 9.69 Å². The summed E-state index contributed by atoms with van der Waals surface area (Å²) < 4.78 is 0. The highest BCUT2D eigenvalue weighted by Crippen LogP contribution is 2.27. The second kappa shape index (κ2) is 7.59. The molecular weight excluding hydrogens is 262 g/mol. The van der Waals surface area contributed by atoms with Gasteiger partial charge in [-0.1, -0.05) is 6.92 Å². The number of amides is 1. The van der Waals surface area contributed by atoms with Gasteiger partial charge >= 0.3 is 0 Å². The minimum Gasteiger partial charge on any atom is -0.342 e. The first-order valence-electron chi connectivity index (χ1n) is 8.69. The Hall–Kier alpha value is -0.610. The Balaban J connectivity index is 1.77. The van der Waals surface area contributed by atoms with Crippen molar-refractivity contribution in [2.24, 2.45) is 11.7 Å². The van der Waals surface area contributed by atoms with E-state index in [0.717, 1.165) is 31.6 Å². The van der Waals surface area contributed by atoms with E-state index < -0.39 is 0 Å². The summed E-state index contributed by atoms with van der Waals surface area (Å²) in [5.74, 6) is 1.12. The fraction of sp³-hybridized carbons (Fsp3) is 0.941. The van der Waals surface area contributed by atoms with Gasteiger partial charge in [0.1, 0.15) is 0 Å². The van der Waals surface area contributed by atoms with E-state index >= 15 is 0 Å². The van der Waals surface area contributed by atoms with Gasteiger partial charge in [-0.05, 0) is 64.3 Å². The van der Waals surface area contributed by atoms with Gasteiger partial charge in [0, 0.05) is 25.2 Å². The highest BCUT2D eigenvalue weighted by molar-refractivity contribution is 5.78. The minimum atomic E-state index is 0.284. The summed E-state index contributed by atoms with van der Waals surface area (Å²) in [6.07, 6.45) is 9.33. The average Bonchev–Trinajstić information content (AvgIpc) is 2.47. The summed E-state index contributed by atoms with van der Waals surface area (Å²) in [7, 11) is 4.09. The number of nitrogens with two attached hydrogens (primary N) is 1. The summed E-state index contributed by atoms with van der Waals surface area (Å²) >= 11 is 0. The van der Waals surface area contributed by atoms with Crippen molar-refractivity contribution < 1.29 is 4.79 Å². The number of carbonyl (C=O) groups excluding carboxylic acids is 1. The van der Waals surface area contributed by atoms with Gasteiger partial charge in [0.25, 0.3) is 0 Å². The molecule has 0 radical (unpaired) electrons. The lowest BCUT2D eigenvalue weighted by molar-refractivity contribution is -0.134. The zero-order valence-electron chi connectivity index (χ0n) is 14.1. The summed E-state index contributed by atoms with van der Waals surface area (Å²) in [5, 5.41) is 0. The Bertz CT molecular complexity index is 331. The van der Waals surface area contributed by atoms with Crippen molar-refractivity contribution in [2.75, 3.05) is 20.6 Å². The van der Waals surface area contributed by atoms with E-state index in [1.807, 2.05) is 11.9 Å². The molecule has 1 amide bonds. The topological polar surface area (TPSA) is 49.6 Å². The number of rotatable bonds is 4. The SMILES string of the molecule is CC1CCC(N(C)C(=O)CN(C)C2CCC(N)CC2)CC1. The zero-order chi connectivity index (χ0) is 15.4. The molecule has 0 aromatic heterocycles. The molecule has 0 unspecified atom stereocenters. The van der Waals surface area contributed by atoms with Gasteiger partial charge in [0.15, 0.2) is 0 Å². The lowest BCUT2D eigenvalue weighted by Crippen LogP contribution is -2.47. The van der Waals surface area contributed by atoms with Crippen LogP contribution >= 0.6 is 0 Å². The molecule has 2 saturated carbocycles. The fourth-order valence-corrected chi connectivity index (χ4v) is 3.83. The predicted molar refractivity (Wildman–Crippen MR) is 87.1 cm³/mol. The molecular formula is C17H33N3O. The Labute approximate surface area is 130 Å². The molecule has 122 valence electrons. The highest BCUT2D eigenvalue weighted by Gasteiger charge is 2.27. The van der Waals surface area contributed by atoms with E-state index in [1.54, 1.807) is 0 Å². The maximum absolute atomic E-state index is 12.5. The molecule has 2 rings (SSSR count). The molecule has 0 aromatic carbocycles. The van der Waals surface area contributed by atoms with Crippen molar-refractivity contribution in [1.82, 2.24) is 9.80 Å². The predicted octanol–water partition coefficient (Wildman–Crippen LogP) is 2.23. The summed E-state index contributed by atoms with van der Waals surface area (Å²) in [6.45, 7) is 2.88. The third kappa shape index (κ3) is 4.68. The van der Waals surface area contributed by atoms with Gasteiger partial charge in [-0.15, -0.1) is 0 Å². The van der Waals surface area contributed by atoms with Crippen LogP contribution in [0.15, 0.2) is 0 Å². The highest BCUT2D eigenvalue weighted by atomic mass is 16.2. The van der Waals surface area contributed by atoms with E-state index in [2.05, 4.69) is 18.9 Å². The molecule has 0 saturated heterocycles. The van der Waals surface area contributed by atoms with Crippen molar-refractivity contribution in [1.29, 1.82) is 0 Å². The Morgan fingerprint density at radius 2 is 1.48 bits per heavy atom. The maximum atomic E-state index is 12.5. The van der Waals surface area contributed by atoms with E-state index in [9.17, 15) is 4.79 Å². The van der Waals surface area contributed by atoms with Crippen molar-refractivity contribution in [2.45, 2.75) is 76.4 Å². The normalized spacial score (nSPS) is 34.0. The van der Waals surface area contributed by atoms with Crippen LogP contribution in [-0.4, -0.2) is 54.5 Å². The van der Waals surface area contributed by atoms with Crippen LogP contribution in [0.3, 0.4) is 0 Å². The molecule has 4 nitrogen and oxygen atoms in total. The van der Waals surface area contributed by atoms with Crippen LogP contribution in [-0.2, 0) is 4.79 Å². The van der Waals surface area contributed by atoms with E-state index in [-0.39, 0.29) is 5.91 Å². The first-order chi connectivity index (χ1) is 9.97. The molecule has 2 aliphatic rings. The van der Waals surface area contributed by atoms with Crippen LogP contribution < -0.4 is 5.73 Å².